The Morgan fingerprint density at radius 2 is 1.93 bits per heavy atom. The van der Waals surface area contributed by atoms with E-state index in [0.717, 1.165) is 24.5 Å². The second-order valence-electron chi connectivity index (χ2n) is 5.25. The monoisotopic (exact) mass is 210 g/mol. The summed E-state index contributed by atoms with van der Waals surface area (Å²) in [5, 5.41) is 3.60. The molecule has 0 spiro atoms. The first kappa shape index (κ1) is 11.4. The molecule has 0 aliphatic heterocycles. The van der Waals surface area contributed by atoms with E-state index in [4.69, 9.17) is 0 Å². The lowest BCUT2D eigenvalue weighted by atomic mass is 10.2. The predicted octanol–water partition coefficient (Wildman–Crippen LogP) is 2.25. The molecule has 2 atom stereocenters. The Balaban J connectivity index is 1.76. The van der Waals surface area contributed by atoms with Crippen LogP contribution in [0.5, 0.6) is 0 Å². The van der Waals surface area contributed by atoms with E-state index >= 15 is 0 Å². The summed E-state index contributed by atoms with van der Waals surface area (Å²) in [4.78, 5) is 2.73. The molecule has 2 aliphatic carbocycles. The third-order valence-electron chi connectivity index (χ3n) is 4.01. The van der Waals surface area contributed by atoms with Gasteiger partial charge in [-0.05, 0) is 51.1 Å². The maximum atomic E-state index is 3.60. The van der Waals surface area contributed by atoms with E-state index in [2.05, 4.69) is 24.1 Å². The molecule has 2 unspecified atom stereocenters. The fourth-order valence-electron chi connectivity index (χ4n) is 2.93. The summed E-state index contributed by atoms with van der Waals surface area (Å²) in [6, 6.07) is 1.67. The number of nitrogens with one attached hydrogen (secondary N) is 1. The van der Waals surface area contributed by atoms with Crippen LogP contribution in [0, 0.1) is 5.92 Å². The van der Waals surface area contributed by atoms with E-state index in [9.17, 15) is 0 Å². The maximum Gasteiger partial charge on any atom is 0.0111 e. The van der Waals surface area contributed by atoms with Crippen LogP contribution in [0.3, 0.4) is 0 Å². The quantitative estimate of drug-likeness (QED) is 0.723. The molecule has 2 fully saturated rings. The average Bonchev–Trinajstić information content (AvgIpc) is 2.95. The molecule has 2 heteroatoms. The van der Waals surface area contributed by atoms with Crippen molar-refractivity contribution in [2.45, 2.75) is 58.0 Å². The van der Waals surface area contributed by atoms with Crippen molar-refractivity contribution in [1.82, 2.24) is 10.2 Å². The Morgan fingerprint density at radius 3 is 2.53 bits per heavy atom. The molecular weight excluding hydrogens is 184 g/mol. The summed E-state index contributed by atoms with van der Waals surface area (Å²) in [5.41, 5.74) is 0. The summed E-state index contributed by atoms with van der Waals surface area (Å²) < 4.78 is 0. The number of hydrogen-bond acceptors (Lipinski definition) is 2. The van der Waals surface area contributed by atoms with Crippen LogP contribution in [0.4, 0.5) is 0 Å². The van der Waals surface area contributed by atoms with Crippen LogP contribution < -0.4 is 5.32 Å². The first-order valence-corrected chi connectivity index (χ1v) is 6.80. The highest BCUT2D eigenvalue weighted by atomic mass is 15.2. The Labute approximate surface area is 94.4 Å². The molecule has 0 aromatic heterocycles. The molecule has 15 heavy (non-hydrogen) atoms. The van der Waals surface area contributed by atoms with E-state index in [1.54, 1.807) is 0 Å². The van der Waals surface area contributed by atoms with Gasteiger partial charge in [0.25, 0.3) is 0 Å². The first-order valence-electron chi connectivity index (χ1n) is 6.80. The Kier molecular flexibility index (Phi) is 4.04. The van der Waals surface area contributed by atoms with E-state index in [1.165, 1.54) is 45.2 Å². The standard InChI is InChI=1S/C13H26N2/c1-3-14-12-7-8-13(9-12)15(4-2)10-11-5-6-11/h11-14H,3-10H2,1-2H3. The topological polar surface area (TPSA) is 15.3 Å². The van der Waals surface area contributed by atoms with Gasteiger partial charge in [-0.2, -0.15) is 0 Å². The smallest absolute Gasteiger partial charge is 0.0111 e. The largest absolute Gasteiger partial charge is 0.314 e. The van der Waals surface area contributed by atoms with Crippen molar-refractivity contribution in [1.29, 1.82) is 0 Å². The van der Waals surface area contributed by atoms with E-state index in [1.807, 2.05) is 0 Å². The van der Waals surface area contributed by atoms with E-state index in [-0.39, 0.29) is 0 Å². The van der Waals surface area contributed by atoms with E-state index in [0.29, 0.717) is 0 Å². The van der Waals surface area contributed by atoms with Gasteiger partial charge in [0.15, 0.2) is 0 Å². The molecule has 2 nitrogen and oxygen atoms in total. The SMILES string of the molecule is CCNC1CCC(N(CC)CC2CC2)C1. The van der Waals surface area contributed by atoms with Gasteiger partial charge in [0.2, 0.25) is 0 Å². The van der Waals surface area contributed by atoms with Crippen molar-refractivity contribution in [2.75, 3.05) is 19.6 Å². The van der Waals surface area contributed by atoms with Crippen LogP contribution in [0.1, 0.15) is 46.0 Å². The fraction of sp³-hybridized carbons (Fsp3) is 1.00. The number of nitrogens with zero attached hydrogens (tertiary/aromatic N) is 1. The zero-order valence-corrected chi connectivity index (χ0v) is 10.3. The molecule has 2 saturated carbocycles. The molecule has 88 valence electrons. The molecule has 2 aliphatic rings. The van der Waals surface area contributed by atoms with Gasteiger partial charge >= 0.3 is 0 Å². The zero-order chi connectivity index (χ0) is 10.7. The minimum atomic E-state index is 0.799. The summed E-state index contributed by atoms with van der Waals surface area (Å²) in [5.74, 6) is 1.04. The zero-order valence-electron chi connectivity index (χ0n) is 10.3. The van der Waals surface area contributed by atoms with Crippen LogP contribution in [0.2, 0.25) is 0 Å². The molecule has 0 saturated heterocycles. The Morgan fingerprint density at radius 1 is 1.13 bits per heavy atom. The minimum absolute atomic E-state index is 0.799. The van der Waals surface area contributed by atoms with Gasteiger partial charge in [-0.3, -0.25) is 0 Å². The predicted molar refractivity (Wildman–Crippen MR) is 65.1 cm³/mol. The summed E-state index contributed by atoms with van der Waals surface area (Å²) in [6.45, 7) is 8.30. The van der Waals surface area contributed by atoms with Gasteiger partial charge in [-0.25, -0.2) is 0 Å². The maximum absolute atomic E-state index is 3.60. The van der Waals surface area contributed by atoms with Gasteiger partial charge in [0.05, 0.1) is 0 Å². The summed E-state index contributed by atoms with van der Waals surface area (Å²) >= 11 is 0. The third-order valence-corrected chi connectivity index (χ3v) is 4.01. The highest BCUT2D eigenvalue weighted by Crippen LogP contribution is 2.32. The molecule has 0 radical (unpaired) electrons. The highest BCUT2D eigenvalue weighted by molar-refractivity contribution is 4.88. The molecule has 2 rings (SSSR count). The molecule has 0 aromatic rings. The lowest BCUT2D eigenvalue weighted by Crippen LogP contribution is -2.36. The van der Waals surface area contributed by atoms with Crippen molar-refractivity contribution in [3.63, 3.8) is 0 Å². The molecular formula is C13H26N2. The van der Waals surface area contributed by atoms with Crippen molar-refractivity contribution in [3.05, 3.63) is 0 Å². The Bertz CT molecular complexity index is 189. The second kappa shape index (κ2) is 5.31. The van der Waals surface area contributed by atoms with Crippen LogP contribution in [-0.4, -0.2) is 36.6 Å². The van der Waals surface area contributed by atoms with Crippen LogP contribution in [-0.2, 0) is 0 Å². The molecule has 0 bridgehead atoms. The third kappa shape index (κ3) is 3.18. The van der Waals surface area contributed by atoms with Crippen molar-refractivity contribution in [2.24, 2.45) is 5.92 Å². The molecule has 0 amide bonds. The van der Waals surface area contributed by atoms with E-state index < -0.39 is 0 Å². The molecule has 0 aromatic carbocycles. The van der Waals surface area contributed by atoms with Crippen LogP contribution in [0.25, 0.3) is 0 Å². The highest BCUT2D eigenvalue weighted by Gasteiger charge is 2.31. The summed E-state index contributed by atoms with van der Waals surface area (Å²) in [6.07, 6.45) is 7.16. The molecule has 1 N–H and O–H groups in total. The number of rotatable bonds is 6. The average molecular weight is 210 g/mol. The lowest BCUT2D eigenvalue weighted by molar-refractivity contribution is 0.198. The second-order valence-corrected chi connectivity index (χ2v) is 5.25. The lowest BCUT2D eigenvalue weighted by Gasteiger charge is -2.27. The van der Waals surface area contributed by atoms with Crippen molar-refractivity contribution in [3.8, 4) is 0 Å². The van der Waals surface area contributed by atoms with Gasteiger partial charge in [0, 0.05) is 18.6 Å². The van der Waals surface area contributed by atoms with Gasteiger partial charge in [-0.15, -0.1) is 0 Å². The van der Waals surface area contributed by atoms with Gasteiger partial charge < -0.3 is 10.2 Å². The Hall–Kier alpha value is -0.0800. The van der Waals surface area contributed by atoms with Gasteiger partial charge in [0.1, 0.15) is 0 Å². The minimum Gasteiger partial charge on any atom is -0.314 e. The van der Waals surface area contributed by atoms with Crippen LogP contribution in [0.15, 0.2) is 0 Å². The fourth-order valence-corrected chi connectivity index (χ4v) is 2.93. The normalized spacial score (nSPS) is 31.4. The summed E-state index contributed by atoms with van der Waals surface area (Å²) in [7, 11) is 0. The van der Waals surface area contributed by atoms with Crippen molar-refractivity contribution >= 4 is 0 Å². The van der Waals surface area contributed by atoms with Gasteiger partial charge in [-0.1, -0.05) is 13.8 Å². The first-order chi connectivity index (χ1) is 7.33. The van der Waals surface area contributed by atoms with Crippen molar-refractivity contribution < 1.29 is 0 Å². The molecule has 0 heterocycles. The number of hydrogen-bond donors (Lipinski definition) is 1. The van der Waals surface area contributed by atoms with Crippen LogP contribution >= 0.6 is 0 Å².